The Labute approximate surface area is 196 Å². The Balaban J connectivity index is 1.14. The molecule has 2 N–H and O–H groups in total. The third-order valence-electron chi connectivity index (χ3n) is 6.37. The smallest absolute Gasteiger partial charge is 0.321 e. The van der Waals surface area contributed by atoms with Crippen LogP contribution in [0.4, 0.5) is 9.18 Å². The predicted molar refractivity (Wildman–Crippen MR) is 130 cm³/mol. The van der Waals surface area contributed by atoms with Crippen LogP contribution in [0.5, 0.6) is 0 Å². The number of hydrogen-bond acceptors (Lipinski definition) is 4. The normalized spacial score (nSPS) is 14.9. The van der Waals surface area contributed by atoms with Crippen LogP contribution in [-0.4, -0.2) is 41.0 Å². The Bertz CT molecular complexity index is 1370. The molecule has 0 bridgehead atoms. The molecule has 172 valence electrons. The fourth-order valence-electron chi connectivity index (χ4n) is 4.56. The number of halogens is 1. The van der Waals surface area contributed by atoms with Crippen LogP contribution in [0.2, 0.25) is 0 Å². The lowest BCUT2D eigenvalue weighted by Gasteiger charge is -2.32. The van der Waals surface area contributed by atoms with E-state index in [9.17, 15) is 14.0 Å². The zero-order valence-corrected chi connectivity index (χ0v) is 18.6. The summed E-state index contributed by atoms with van der Waals surface area (Å²) in [6.07, 6.45) is 3.26. The quantitative estimate of drug-likeness (QED) is 0.470. The highest BCUT2D eigenvalue weighted by Crippen LogP contribution is 2.24. The van der Waals surface area contributed by atoms with E-state index in [0.29, 0.717) is 10.9 Å². The number of urea groups is 1. The lowest BCUT2D eigenvalue weighted by molar-refractivity contribution is 0.0962. The van der Waals surface area contributed by atoms with Crippen molar-refractivity contribution in [2.24, 2.45) is 0 Å². The van der Waals surface area contributed by atoms with Crippen molar-refractivity contribution < 1.29 is 14.0 Å². The number of likely N-dealkylation sites (tertiary alicyclic amines) is 1. The third kappa shape index (κ3) is 4.75. The summed E-state index contributed by atoms with van der Waals surface area (Å²) in [5.74, 6) is -0.646. The minimum absolute atomic E-state index is 0.00480. The molecular weight excluding hydrogens is 431 g/mol. The van der Waals surface area contributed by atoms with E-state index in [2.05, 4.69) is 20.5 Å². The second-order valence-electron chi connectivity index (χ2n) is 8.64. The largest absolute Gasteiger partial charge is 0.335 e. The number of hydrogen-bond donors (Lipinski definition) is 2. The van der Waals surface area contributed by atoms with Crippen LogP contribution in [0.1, 0.15) is 28.8 Å². The van der Waals surface area contributed by atoms with Gasteiger partial charge in [-0.2, -0.15) is 0 Å². The second kappa shape index (κ2) is 9.57. The van der Waals surface area contributed by atoms with Gasteiger partial charge in [0.1, 0.15) is 5.82 Å². The highest BCUT2D eigenvalue weighted by Gasteiger charge is 2.22. The van der Waals surface area contributed by atoms with Gasteiger partial charge in [-0.25, -0.2) is 9.18 Å². The molecular formula is C27H25FN4O2. The molecule has 3 amide bonds. The monoisotopic (exact) mass is 456 g/mol. The van der Waals surface area contributed by atoms with Gasteiger partial charge in [0, 0.05) is 48.2 Å². The molecule has 0 atom stereocenters. The van der Waals surface area contributed by atoms with E-state index in [1.165, 1.54) is 6.07 Å². The van der Waals surface area contributed by atoms with Gasteiger partial charge in [-0.3, -0.25) is 20.0 Å². The summed E-state index contributed by atoms with van der Waals surface area (Å²) in [6, 6.07) is 19.3. The maximum absolute atomic E-state index is 14.1. The van der Waals surface area contributed by atoms with Crippen LogP contribution < -0.4 is 10.6 Å². The zero-order chi connectivity index (χ0) is 23.5. The molecule has 34 heavy (non-hydrogen) atoms. The first-order chi connectivity index (χ1) is 16.6. The molecule has 0 spiro atoms. The van der Waals surface area contributed by atoms with E-state index in [1.807, 2.05) is 30.3 Å². The van der Waals surface area contributed by atoms with Crippen LogP contribution in [-0.2, 0) is 6.54 Å². The minimum Gasteiger partial charge on any atom is -0.335 e. The number of imide groups is 1. The average molecular weight is 457 g/mol. The molecule has 1 saturated heterocycles. The van der Waals surface area contributed by atoms with Gasteiger partial charge in [-0.1, -0.05) is 36.4 Å². The van der Waals surface area contributed by atoms with Crippen molar-refractivity contribution in [3.8, 4) is 0 Å². The topological polar surface area (TPSA) is 74.3 Å². The first-order valence-corrected chi connectivity index (χ1v) is 11.4. The average Bonchev–Trinajstić information content (AvgIpc) is 2.85. The molecule has 1 aromatic heterocycles. The molecule has 3 aromatic carbocycles. The molecule has 5 rings (SSSR count). The number of carbonyl (C=O) groups is 2. The number of nitrogens with zero attached hydrogens (tertiary/aromatic N) is 2. The van der Waals surface area contributed by atoms with Gasteiger partial charge in [0.05, 0.1) is 5.52 Å². The maximum Gasteiger partial charge on any atom is 0.321 e. The van der Waals surface area contributed by atoms with Gasteiger partial charge >= 0.3 is 6.03 Å². The van der Waals surface area contributed by atoms with Crippen LogP contribution in [0, 0.1) is 5.82 Å². The van der Waals surface area contributed by atoms with Crippen molar-refractivity contribution in [2.45, 2.75) is 25.4 Å². The first-order valence-electron chi connectivity index (χ1n) is 11.4. The second-order valence-corrected chi connectivity index (χ2v) is 8.64. The van der Waals surface area contributed by atoms with Crippen LogP contribution in [0.15, 0.2) is 72.9 Å². The standard InChI is InChI=1S/C27H25FN4O2/c28-24-8-2-6-22-20(4-1-7-23(22)24)17-32-14-11-21(12-15-32)30-27(34)31-26(33)19-9-10-25-18(16-19)5-3-13-29-25/h1-10,13,16,21H,11-12,14-15,17H2,(H2,30,31,33,34). The molecule has 6 nitrogen and oxygen atoms in total. The SMILES string of the molecule is O=C(NC(=O)c1ccc2ncccc2c1)NC1CCN(Cc2cccc3c(F)cccc23)CC1. The molecule has 0 unspecified atom stereocenters. The summed E-state index contributed by atoms with van der Waals surface area (Å²) >= 11 is 0. The van der Waals surface area contributed by atoms with E-state index in [0.717, 1.165) is 54.3 Å². The number of aromatic nitrogens is 1. The van der Waals surface area contributed by atoms with E-state index in [1.54, 1.807) is 36.5 Å². The molecule has 0 aliphatic carbocycles. The molecule has 0 saturated carbocycles. The van der Waals surface area contributed by atoms with Crippen molar-refractivity contribution in [1.29, 1.82) is 0 Å². The molecule has 4 aromatic rings. The lowest BCUT2D eigenvalue weighted by Crippen LogP contribution is -2.49. The van der Waals surface area contributed by atoms with Gasteiger partial charge in [-0.15, -0.1) is 0 Å². The fourth-order valence-corrected chi connectivity index (χ4v) is 4.56. The number of pyridine rings is 1. The maximum atomic E-state index is 14.1. The highest BCUT2D eigenvalue weighted by atomic mass is 19.1. The number of nitrogens with one attached hydrogen (secondary N) is 2. The van der Waals surface area contributed by atoms with Gasteiger partial charge in [-0.05, 0) is 54.1 Å². The van der Waals surface area contributed by atoms with E-state index in [4.69, 9.17) is 0 Å². The predicted octanol–water partition coefficient (Wildman–Crippen LogP) is 4.63. The summed E-state index contributed by atoms with van der Waals surface area (Å²) < 4.78 is 14.1. The molecule has 1 fully saturated rings. The summed E-state index contributed by atoms with van der Waals surface area (Å²) in [5.41, 5.74) is 2.30. The summed E-state index contributed by atoms with van der Waals surface area (Å²) in [4.78, 5) is 31.5. The third-order valence-corrected chi connectivity index (χ3v) is 6.37. The lowest BCUT2D eigenvalue weighted by atomic mass is 10.0. The zero-order valence-electron chi connectivity index (χ0n) is 18.6. The van der Waals surface area contributed by atoms with Crippen molar-refractivity contribution in [1.82, 2.24) is 20.5 Å². The van der Waals surface area contributed by atoms with Crippen LogP contribution >= 0.6 is 0 Å². The van der Waals surface area contributed by atoms with Gasteiger partial charge in [0.15, 0.2) is 0 Å². The Morgan fingerprint density at radius 3 is 2.62 bits per heavy atom. The number of amides is 3. The number of piperidine rings is 1. The molecule has 1 aliphatic rings. The fraction of sp³-hybridized carbons (Fsp3) is 0.222. The summed E-state index contributed by atoms with van der Waals surface area (Å²) in [6.45, 7) is 2.35. The molecule has 7 heteroatoms. The first kappa shape index (κ1) is 22.0. The number of fused-ring (bicyclic) bond motifs is 2. The Morgan fingerprint density at radius 1 is 0.971 bits per heavy atom. The Kier molecular flexibility index (Phi) is 6.18. The molecule has 1 aliphatic heterocycles. The summed E-state index contributed by atoms with van der Waals surface area (Å²) in [7, 11) is 0. The van der Waals surface area contributed by atoms with Crippen LogP contribution in [0.25, 0.3) is 21.7 Å². The van der Waals surface area contributed by atoms with E-state index >= 15 is 0 Å². The Hall–Kier alpha value is -3.84. The van der Waals surface area contributed by atoms with Gasteiger partial charge < -0.3 is 5.32 Å². The van der Waals surface area contributed by atoms with Crippen molar-refractivity contribution in [3.05, 3.63) is 89.9 Å². The Morgan fingerprint density at radius 2 is 1.76 bits per heavy atom. The van der Waals surface area contributed by atoms with Gasteiger partial charge in [0.25, 0.3) is 5.91 Å². The number of rotatable bonds is 4. The number of carbonyl (C=O) groups excluding carboxylic acids is 2. The molecule has 2 heterocycles. The highest BCUT2D eigenvalue weighted by molar-refractivity contribution is 6.05. The molecule has 0 radical (unpaired) electrons. The van der Waals surface area contributed by atoms with Gasteiger partial charge in [0.2, 0.25) is 0 Å². The van der Waals surface area contributed by atoms with E-state index < -0.39 is 11.9 Å². The van der Waals surface area contributed by atoms with Crippen molar-refractivity contribution >= 4 is 33.6 Å². The van der Waals surface area contributed by atoms with Crippen LogP contribution in [0.3, 0.4) is 0 Å². The summed E-state index contributed by atoms with van der Waals surface area (Å²) in [5, 5.41) is 7.76. The minimum atomic E-state index is -0.487. The number of benzene rings is 3. The van der Waals surface area contributed by atoms with Crippen molar-refractivity contribution in [2.75, 3.05) is 13.1 Å². The van der Waals surface area contributed by atoms with E-state index in [-0.39, 0.29) is 11.9 Å². The van der Waals surface area contributed by atoms with Crippen molar-refractivity contribution in [3.63, 3.8) is 0 Å².